The molecule has 2 bridgehead atoms. The molecule has 7 nitrogen and oxygen atoms in total. The molecule has 0 saturated carbocycles. The molecule has 3 aliphatic rings. The number of aliphatic hydroxyl groups excluding tert-OH is 1. The van der Waals surface area contributed by atoms with Crippen molar-refractivity contribution in [3.63, 3.8) is 0 Å². The van der Waals surface area contributed by atoms with E-state index in [1.54, 1.807) is 40.9 Å². The SMILES string of the molecule is CC(C)[C@H](CO)N1C(=O)[C@@H]2[C@@H](C(=O)NCc3ccccc3)[C@H]3CCC2(S3)C1C(=O)Nc1ccc(Cl)cc1. The molecule has 3 N–H and O–H groups in total. The van der Waals surface area contributed by atoms with Gasteiger partial charge in [0.2, 0.25) is 17.7 Å². The molecule has 0 radical (unpaired) electrons. The average Bonchev–Trinajstić information content (AvgIpc) is 3.52. The molecule has 2 unspecified atom stereocenters. The maximum atomic E-state index is 14.1. The van der Waals surface area contributed by atoms with Crippen LogP contribution in [0.1, 0.15) is 32.3 Å². The van der Waals surface area contributed by atoms with E-state index in [0.717, 1.165) is 12.0 Å². The van der Waals surface area contributed by atoms with Gasteiger partial charge >= 0.3 is 0 Å². The zero-order chi connectivity index (χ0) is 26.3. The fourth-order valence-electron chi connectivity index (χ4n) is 6.31. The normalized spacial score (nSPS) is 28.9. The summed E-state index contributed by atoms with van der Waals surface area (Å²) in [6, 6.07) is 15.2. The predicted molar refractivity (Wildman–Crippen MR) is 145 cm³/mol. The Balaban J connectivity index is 1.46. The molecule has 9 heteroatoms. The number of halogens is 1. The van der Waals surface area contributed by atoms with Gasteiger partial charge in [0.25, 0.3) is 0 Å². The monoisotopic (exact) mass is 541 g/mol. The van der Waals surface area contributed by atoms with Crippen LogP contribution < -0.4 is 10.6 Å². The van der Waals surface area contributed by atoms with Crippen LogP contribution in [0.2, 0.25) is 5.02 Å². The Morgan fingerprint density at radius 1 is 1.14 bits per heavy atom. The molecule has 2 aromatic rings. The number of hydrogen-bond acceptors (Lipinski definition) is 5. The van der Waals surface area contributed by atoms with Crippen LogP contribution in [-0.4, -0.2) is 56.4 Å². The summed E-state index contributed by atoms with van der Waals surface area (Å²) in [4.78, 5) is 43.1. The first-order chi connectivity index (χ1) is 17.8. The van der Waals surface area contributed by atoms with Crippen molar-refractivity contribution in [3.8, 4) is 0 Å². The van der Waals surface area contributed by atoms with Gasteiger partial charge in [-0.1, -0.05) is 55.8 Å². The summed E-state index contributed by atoms with van der Waals surface area (Å²) in [6.45, 7) is 4.00. The van der Waals surface area contributed by atoms with Crippen LogP contribution in [0.4, 0.5) is 5.69 Å². The fraction of sp³-hybridized carbons (Fsp3) is 0.464. The van der Waals surface area contributed by atoms with Gasteiger partial charge in [0, 0.05) is 22.5 Å². The zero-order valence-electron chi connectivity index (χ0n) is 20.9. The lowest BCUT2D eigenvalue weighted by Gasteiger charge is -2.38. The Bertz CT molecular complexity index is 1180. The number of carbonyl (C=O) groups is 3. The number of likely N-dealkylation sites (tertiary alicyclic amines) is 1. The molecule has 3 heterocycles. The van der Waals surface area contributed by atoms with Crippen LogP contribution >= 0.6 is 23.4 Å². The van der Waals surface area contributed by atoms with E-state index in [0.29, 0.717) is 23.7 Å². The second-order valence-corrected chi connectivity index (χ2v) is 12.5. The third kappa shape index (κ3) is 4.53. The number of thioether (sulfide) groups is 1. The van der Waals surface area contributed by atoms with Crippen LogP contribution in [0.3, 0.4) is 0 Å². The number of aliphatic hydroxyl groups is 1. The molecule has 3 aliphatic heterocycles. The summed E-state index contributed by atoms with van der Waals surface area (Å²) < 4.78 is -0.713. The highest BCUT2D eigenvalue weighted by molar-refractivity contribution is 8.02. The van der Waals surface area contributed by atoms with Gasteiger partial charge in [-0.2, -0.15) is 0 Å². The van der Waals surface area contributed by atoms with Crippen molar-refractivity contribution < 1.29 is 19.5 Å². The maximum Gasteiger partial charge on any atom is 0.248 e. The Morgan fingerprint density at radius 3 is 2.49 bits per heavy atom. The first kappa shape index (κ1) is 26.1. The molecular formula is C28H32ClN3O4S. The number of anilines is 1. The van der Waals surface area contributed by atoms with Crippen molar-refractivity contribution in [1.29, 1.82) is 0 Å². The van der Waals surface area contributed by atoms with Crippen LogP contribution in [0.25, 0.3) is 0 Å². The number of carbonyl (C=O) groups excluding carboxylic acids is 3. The smallest absolute Gasteiger partial charge is 0.248 e. The number of benzene rings is 2. The molecule has 1 spiro atoms. The third-order valence-electron chi connectivity index (χ3n) is 8.02. The van der Waals surface area contributed by atoms with Crippen molar-refractivity contribution in [3.05, 3.63) is 65.2 Å². The molecule has 3 fully saturated rings. The van der Waals surface area contributed by atoms with Crippen LogP contribution in [0.15, 0.2) is 54.6 Å². The second kappa shape index (κ2) is 10.3. The lowest BCUT2D eigenvalue weighted by atomic mass is 9.70. The van der Waals surface area contributed by atoms with Gasteiger partial charge in [0.05, 0.1) is 29.2 Å². The van der Waals surface area contributed by atoms with Gasteiger partial charge < -0.3 is 20.6 Å². The summed E-state index contributed by atoms with van der Waals surface area (Å²) in [7, 11) is 0. The molecule has 6 atom stereocenters. The molecule has 2 aromatic carbocycles. The highest BCUT2D eigenvalue weighted by Crippen LogP contribution is 2.66. The van der Waals surface area contributed by atoms with Crippen LogP contribution in [0.5, 0.6) is 0 Å². The molecule has 37 heavy (non-hydrogen) atoms. The maximum absolute atomic E-state index is 14.1. The standard InChI is InChI=1S/C28H32ClN3O4S/c1-16(2)20(15-33)32-24(26(35)31-19-10-8-18(29)9-11-19)28-13-12-21(37-28)22(23(28)27(32)36)25(34)30-14-17-6-4-3-5-7-17/h3-11,16,20-24,33H,12-15H2,1-2H3,(H,30,34)(H,31,35)/t20-,21+,22-,23-,24?,28?/m0/s1. The zero-order valence-corrected chi connectivity index (χ0v) is 22.5. The molecule has 196 valence electrons. The number of hydrogen-bond donors (Lipinski definition) is 3. The van der Waals surface area contributed by atoms with Crippen molar-refractivity contribution >= 4 is 46.8 Å². The molecule has 3 amide bonds. The van der Waals surface area contributed by atoms with Gasteiger partial charge in [-0.15, -0.1) is 11.8 Å². The van der Waals surface area contributed by atoms with Crippen molar-refractivity contribution in [2.24, 2.45) is 17.8 Å². The van der Waals surface area contributed by atoms with Crippen molar-refractivity contribution in [1.82, 2.24) is 10.2 Å². The first-order valence-electron chi connectivity index (χ1n) is 12.8. The van der Waals surface area contributed by atoms with E-state index >= 15 is 0 Å². The van der Waals surface area contributed by atoms with Crippen molar-refractivity contribution in [2.45, 2.75) is 55.3 Å². The summed E-state index contributed by atoms with van der Waals surface area (Å²) >= 11 is 7.63. The predicted octanol–water partition coefficient (Wildman–Crippen LogP) is 3.70. The minimum absolute atomic E-state index is 0.0238. The quantitative estimate of drug-likeness (QED) is 0.473. The average molecular weight is 542 g/mol. The minimum Gasteiger partial charge on any atom is -0.394 e. The largest absolute Gasteiger partial charge is 0.394 e. The lowest BCUT2D eigenvalue weighted by Crippen LogP contribution is -2.56. The summed E-state index contributed by atoms with van der Waals surface area (Å²) in [5.74, 6) is -1.85. The van der Waals surface area contributed by atoms with Gasteiger partial charge in [0.15, 0.2) is 0 Å². The molecular weight excluding hydrogens is 510 g/mol. The molecule has 0 aliphatic carbocycles. The number of nitrogens with zero attached hydrogens (tertiary/aromatic N) is 1. The van der Waals surface area contributed by atoms with E-state index in [9.17, 15) is 19.5 Å². The Morgan fingerprint density at radius 2 is 1.84 bits per heavy atom. The Kier molecular flexibility index (Phi) is 7.27. The van der Waals surface area contributed by atoms with Gasteiger partial charge in [-0.05, 0) is 48.6 Å². The van der Waals surface area contributed by atoms with Crippen LogP contribution in [0, 0.1) is 17.8 Å². The highest BCUT2D eigenvalue weighted by Gasteiger charge is 2.74. The number of fused-ring (bicyclic) bond motifs is 1. The van der Waals surface area contributed by atoms with Gasteiger partial charge in [-0.25, -0.2) is 0 Å². The molecule has 3 saturated heterocycles. The third-order valence-corrected chi connectivity index (χ3v) is 10.2. The molecule has 0 aromatic heterocycles. The Hall–Kier alpha value is -2.55. The van der Waals surface area contributed by atoms with Gasteiger partial charge in [-0.3, -0.25) is 14.4 Å². The number of amides is 3. The van der Waals surface area contributed by atoms with Gasteiger partial charge in [0.1, 0.15) is 6.04 Å². The number of nitrogens with one attached hydrogen (secondary N) is 2. The summed E-state index contributed by atoms with van der Waals surface area (Å²) in [5, 5.41) is 16.8. The second-order valence-electron chi connectivity index (χ2n) is 10.5. The van der Waals surface area contributed by atoms with E-state index in [-0.39, 0.29) is 35.5 Å². The van der Waals surface area contributed by atoms with E-state index in [4.69, 9.17) is 11.6 Å². The fourth-order valence-corrected chi connectivity index (χ4v) is 8.65. The summed E-state index contributed by atoms with van der Waals surface area (Å²) in [6.07, 6.45) is 1.44. The van der Waals surface area contributed by atoms with Crippen LogP contribution in [-0.2, 0) is 20.9 Å². The van der Waals surface area contributed by atoms with E-state index in [1.807, 2.05) is 44.2 Å². The van der Waals surface area contributed by atoms with Crippen molar-refractivity contribution in [2.75, 3.05) is 11.9 Å². The topological polar surface area (TPSA) is 98.7 Å². The molecule has 5 rings (SSSR count). The van der Waals surface area contributed by atoms with E-state index in [1.165, 1.54) is 0 Å². The summed E-state index contributed by atoms with van der Waals surface area (Å²) in [5.41, 5.74) is 1.57. The number of rotatable bonds is 8. The van der Waals surface area contributed by atoms with E-state index in [2.05, 4.69) is 10.6 Å². The Labute approximate surface area is 226 Å². The minimum atomic E-state index is -0.790. The van der Waals surface area contributed by atoms with E-state index < -0.39 is 28.7 Å². The highest BCUT2D eigenvalue weighted by atomic mass is 35.5. The lowest BCUT2D eigenvalue weighted by molar-refractivity contribution is -0.143. The first-order valence-corrected chi connectivity index (χ1v) is 14.0.